The van der Waals surface area contributed by atoms with Gasteiger partial charge in [-0.3, -0.25) is 52.2 Å². The van der Waals surface area contributed by atoms with Crippen LogP contribution in [0.25, 0.3) is 0 Å². The molecule has 107 heavy (non-hydrogen) atoms. The summed E-state index contributed by atoms with van der Waals surface area (Å²) in [5.41, 5.74) is 0. The second-order valence-corrected chi connectivity index (χ2v) is 30.9. The van der Waals surface area contributed by atoms with E-state index in [0.29, 0.717) is 51.6 Å². The van der Waals surface area contributed by atoms with Gasteiger partial charge in [-0.05, 0) is 63.2 Å². The molecule has 0 radical (unpaired) electrons. The number of carbonyl (C=O) groups is 11. The predicted octanol–water partition coefficient (Wildman–Crippen LogP) is 10.8. The molecule has 0 bridgehead atoms. The molecule has 0 aliphatic carbocycles. The molecule has 9 N–H and O–H groups in total. The van der Waals surface area contributed by atoms with Gasteiger partial charge < -0.3 is 75.8 Å². The van der Waals surface area contributed by atoms with Crippen LogP contribution in [0.15, 0.2) is 0 Å². The minimum atomic E-state index is -4.72. The van der Waals surface area contributed by atoms with Crippen LogP contribution >= 0.6 is 7.82 Å². The Balaban J connectivity index is 1.59. The molecule has 30 heteroatoms. The van der Waals surface area contributed by atoms with Crippen LogP contribution in [0.3, 0.4) is 0 Å². The number of amides is 8. The molecule has 2 rings (SSSR count). The molecule has 2 aliphatic rings. The molecule has 2 unspecified atom stereocenters. The van der Waals surface area contributed by atoms with E-state index in [1.54, 1.807) is 0 Å². The number of alkyl carbamates (subject to hydrolysis) is 1. The van der Waals surface area contributed by atoms with Crippen LogP contribution < -0.4 is 37.2 Å². The molecule has 7 atom stereocenters. The van der Waals surface area contributed by atoms with E-state index in [-0.39, 0.29) is 89.5 Å². The van der Waals surface area contributed by atoms with Gasteiger partial charge in [-0.15, -0.1) is 0 Å². The maximum absolute atomic E-state index is 13.4. The van der Waals surface area contributed by atoms with Crippen LogP contribution in [-0.2, 0) is 85.2 Å². The van der Waals surface area contributed by atoms with E-state index < -0.39 is 123 Å². The Kier molecular flexibility index (Phi) is 56.0. The molecule has 618 valence electrons. The van der Waals surface area contributed by atoms with Gasteiger partial charge in [-0.1, -0.05) is 234 Å². The average Bonchev–Trinajstić information content (AvgIpc) is 1.64. The zero-order valence-corrected chi connectivity index (χ0v) is 66.8. The number of epoxide rings is 1. The number of carboxylic acid groups (broad SMARTS) is 1. The fourth-order valence-corrected chi connectivity index (χ4v) is 13.2. The van der Waals surface area contributed by atoms with Gasteiger partial charge in [0.25, 0.3) is 11.8 Å². The van der Waals surface area contributed by atoms with E-state index in [1.807, 2.05) is 27.7 Å². The summed E-state index contributed by atoms with van der Waals surface area (Å²) in [6.45, 7) is 9.70. The van der Waals surface area contributed by atoms with Crippen molar-refractivity contribution in [3.63, 3.8) is 0 Å². The number of hydrogen-bond acceptors (Lipinski definition) is 19. The van der Waals surface area contributed by atoms with E-state index in [4.69, 9.17) is 32.7 Å². The Morgan fingerprint density at radius 3 is 1.44 bits per heavy atom. The summed E-state index contributed by atoms with van der Waals surface area (Å²) in [7, 11) is -4.72. The summed E-state index contributed by atoms with van der Waals surface area (Å²) < 4.78 is 49.8. The lowest BCUT2D eigenvalue weighted by Gasteiger charge is -2.28. The van der Waals surface area contributed by atoms with Gasteiger partial charge in [0, 0.05) is 39.0 Å². The van der Waals surface area contributed by atoms with Gasteiger partial charge in [0.05, 0.1) is 32.9 Å². The highest BCUT2D eigenvalue weighted by Gasteiger charge is 2.52. The van der Waals surface area contributed by atoms with Gasteiger partial charge in [-0.25, -0.2) is 14.2 Å². The first kappa shape index (κ1) is 97.1. The van der Waals surface area contributed by atoms with Gasteiger partial charge >= 0.3 is 31.8 Å². The van der Waals surface area contributed by atoms with E-state index in [2.05, 4.69) is 51.1 Å². The molecule has 8 amide bonds. The number of nitrogens with zero attached hydrogens (tertiary/aromatic N) is 1. The number of ether oxygens (including phenoxy) is 5. The fraction of sp³-hybridized carbons (Fsp3) is 0.857. The molecular formula is C77H139N8O21P. The van der Waals surface area contributed by atoms with Gasteiger partial charge in [0.1, 0.15) is 37.9 Å². The lowest BCUT2D eigenvalue weighted by atomic mass is 10.0. The minimum Gasteiger partial charge on any atom is -0.480 e. The van der Waals surface area contributed by atoms with Crippen molar-refractivity contribution in [2.24, 2.45) is 11.8 Å². The second-order valence-electron chi connectivity index (χ2n) is 29.4. The Bertz CT molecular complexity index is 2570. The quantitative estimate of drug-likeness (QED) is 0.00898. The number of likely N-dealkylation sites (tertiary alicyclic amines) is 1. The number of aliphatic carboxylic acids is 1. The normalized spacial score (nSPS) is 16.0. The third-order valence-corrected chi connectivity index (χ3v) is 19.5. The van der Waals surface area contributed by atoms with Crippen molar-refractivity contribution in [2.75, 3.05) is 78.9 Å². The lowest BCUT2D eigenvalue weighted by Crippen LogP contribution is -2.53. The van der Waals surface area contributed by atoms with E-state index in [9.17, 15) is 67.3 Å². The van der Waals surface area contributed by atoms with Crippen molar-refractivity contribution in [1.82, 2.24) is 42.1 Å². The third kappa shape index (κ3) is 51.9. The van der Waals surface area contributed by atoms with Gasteiger partial charge in [0.2, 0.25) is 29.5 Å². The minimum absolute atomic E-state index is 0.0348. The number of rotatable bonds is 69. The zero-order chi connectivity index (χ0) is 78.7. The summed E-state index contributed by atoms with van der Waals surface area (Å²) in [6.07, 6.45) is 35.6. The van der Waals surface area contributed by atoms with Crippen molar-refractivity contribution >= 4 is 73.2 Å². The van der Waals surface area contributed by atoms with Gasteiger partial charge in [-0.2, -0.15) is 0 Å². The Labute approximate surface area is 638 Å². The summed E-state index contributed by atoms with van der Waals surface area (Å²) in [6, 6.07) is -3.12. The number of phosphoric acid groups is 1. The van der Waals surface area contributed by atoms with Gasteiger partial charge in [0.15, 0.2) is 18.3 Å². The molecular weight excluding hydrogens is 1400 g/mol. The average molecular weight is 1540 g/mol. The summed E-state index contributed by atoms with van der Waals surface area (Å²) in [5.74, 6) is -6.39. The highest BCUT2D eigenvalue weighted by atomic mass is 31.2. The second kappa shape index (κ2) is 61.7. The van der Waals surface area contributed by atoms with Crippen LogP contribution in [0.4, 0.5) is 4.79 Å². The smallest absolute Gasteiger partial charge is 0.472 e. The van der Waals surface area contributed by atoms with E-state index in [1.165, 1.54) is 146 Å². The fourth-order valence-electron chi connectivity index (χ4n) is 12.4. The molecule has 0 aromatic heterocycles. The number of hydrogen-bond donors (Lipinski definition) is 9. The van der Waals surface area contributed by atoms with E-state index >= 15 is 0 Å². The maximum atomic E-state index is 13.4. The van der Waals surface area contributed by atoms with Crippen LogP contribution in [0.2, 0.25) is 0 Å². The monoisotopic (exact) mass is 1540 g/mol. The van der Waals surface area contributed by atoms with Crippen LogP contribution in [0, 0.1) is 11.8 Å². The molecule has 2 fully saturated rings. The molecule has 0 saturated carbocycles. The first-order chi connectivity index (χ1) is 51.5. The predicted molar refractivity (Wildman–Crippen MR) is 406 cm³/mol. The maximum Gasteiger partial charge on any atom is 0.472 e. The Morgan fingerprint density at radius 2 is 0.935 bits per heavy atom. The summed E-state index contributed by atoms with van der Waals surface area (Å²) in [4.78, 5) is 152. The third-order valence-electron chi connectivity index (χ3n) is 18.5. The van der Waals surface area contributed by atoms with Crippen LogP contribution in [0.5, 0.6) is 0 Å². The molecule has 29 nitrogen and oxygen atoms in total. The summed E-state index contributed by atoms with van der Waals surface area (Å²) >= 11 is 0. The molecule has 2 aliphatic heterocycles. The van der Waals surface area contributed by atoms with Crippen molar-refractivity contribution in [3.8, 4) is 0 Å². The SMILES string of the molecule is CCCCCCCCCCCCCCCCCC(=O)OC[C@H](COP(=O)(O)OCCNC(=O)OCCOCC(=O)NCCCCCCNC(=O)CNC(=O)CNC(=O)[C@H](CC(C)C)NC(=O)C1O[C@@H]1C(=O)N[C@@H](CC(C)C)C(=O)N1CCC[C@H]1C(=O)O)OC(=O)CCCCCCCCCCCCCCCCC. The molecule has 2 saturated heterocycles. The largest absolute Gasteiger partial charge is 0.480 e. The topological polar surface area (TPSA) is 401 Å². The van der Waals surface area contributed by atoms with Crippen molar-refractivity contribution < 1.29 is 100 Å². The number of carboxylic acids is 1. The lowest BCUT2D eigenvalue weighted by molar-refractivity contribution is -0.161. The number of nitrogens with one attached hydrogen (secondary N) is 7. The highest BCUT2D eigenvalue weighted by molar-refractivity contribution is 7.47. The molecule has 0 spiro atoms. The Hall–Kier alpha value is -6.00. The van der Waals surface area contributed by atoms with Crippen LogP contribution in [0.1, 0.15) is 298 Å². The molecule has 0 aromatic rings. The number of esters is 2. The highest BCUT2D eigenvalue weighted by Crippen LogP contribution is 2.43. The summed E-state index contributed by atoms with van der Waals surface area (Å²) in [5, 5.41) is 27.5. The number of unbranched alkanes of at least 4 members (excludes halogenated alkanes) is 31. The van der Waals surface area contributed by atoms with E-state index in [0.717, 1.165) is 51.4 Å². The van der Waals surface area contributed by atoms with Crippen molar-refractivity contribution in [1.29, 1.82) is 0 Å². The first-order valence-corrected chi connectivity index (χ1v) is 42.3. The van der Waals surface area contributed by atoms with Crippen molar-refractivity contribution in [3.05, 3.63) is 0 Å². The zero-order valence-electron chi connectivity index (χ0n) is 65.9. The Morgan fingerprint density at radius 1 is 0.486 bits per heavy atom. The standard InChI is InChI=1S/C77H139N8O21P/c1-7-9-11-13-15-17-19-21-23-25-27-29-31-33-37-43-68(89)102-56-61(105-69(90)44-38-34-32-30-28-26-24-22-20-18-16-14-12-10-8-2)57-104-107(98,99)103-49-47-80-77(97)101-51-50-100-58-67(88)79-46-40-36-35-39-45-78-65(86)54-81-66(87)55-82-72(91)62(52-59(3)4)83-73(92)70-71(106-70)74(93)84-63(53-60(5)6)75(94)85-48-41-42-64(85)76(95)96/h59-64,70-71H,7-58H2,1-6H3,(H,78,86)(H,79,88)(H,80,97)(H,81,87)(H,82,91)(H,83,92)(H,84,93)(H,95,96)(H,98,99)/t61-,62+,63+,64+,70?,71+/m1/s1. The van der Waals surface area contributed by atoms with Crippen molar-refractivity contribution in [2.45, 2.75) is 335 Å². The molecule has 0 aromatic carbocycles. The number of carbonyl (C=O) groups excluding carboxylic acids is 10. The number of phosphoric ester groups is 1. The van der Waals surface area contributed by atoms with Crippen LogP contribution in [-0.4, -0.2) is 196 Å². The molecule has 2 heterocycles. The first-order valence-electron chi connectivity index (χ1n) is 40.8.